The Labute approximate surface area is 122 Å². The highest BCUT2D eigenvalue weighted by Crippen LogP contribution is 2.32. The number of rotatable bonds is 2. The fraction of sp³-hybridized carbons (Fsp3) is 0.250. The fourth-order valence-corrected chi connectivity index (χ4v) is 2.73. The summed E-state index contributed by atoms with van der Waals surface area (Å²) in [6.07, 6.45) is 1.71. The summed E-state index contributed by atoms with van der Waals surface area (Å²) >= 11 is 0. The summed E-state index contributed by atoms with van der Waals surface area (Å²) in [4.78, 5) is 11.3. The summed E-state index contributed by atoms with van der Waals surface area (Å²) in [5, 5.41) is 16.7. The van der Waals surface area contributed by atoms with Gasteiger partial charge in [-0.25, -0.2) is 9.48 Å². The van der Waals surface area contributed by atoms with E-state index in [4.69, 9.17) is 0 Å². The molecular weight excluding hydrogens is 266 g/mol. The average molecular weight is 283 g/mol. The minimum Gasteiger partial charge on any atom is -0.477 e. The molecular formula is C16H17N3O2. The number of nitrogens with one attached hydrogen (secondary N) is 1. The molecule has 1 unspecified atom stereocenters. The van der Waals surface area contributed by atoms with E-state index >= 15 is 0 Å². The number of anilines is 1. The number of aromatic nitrogens is 2. The normalized spacial score (nSPS) is 16.9. The number of carboxylic acids is 1. The summed E-state index contributed by atoms with van der Waals surface area (Å²) in [5.41, 5.74) is 4.41. The largest absolute Gasteiger partial charge is 0.477 e. The topological polar surface area (TPSA) is 67.2 Å². The molecule has 0 saturated carbocycles. The lowest BCUT2D eigenvalue weighted by molar-refractivity contribution is -0.132. The van der Waals surface area contributed by atoms with Gasteiger partial charge in [0.05, 0.1) is 5.69 Å². The van der Waals surface area contributed by atoms with Crippen molar-refractivity contribution in [2.24, 2.45) is 0 Å². The molecule has 0 radical (unpaired) electrons. The SMILES string of the molecule is Cc1ccc(C2C=C(C(=O)O)Nc3cc(C)nn32)c(C)c1. The minimum atomic E-state index is -0.963. The molecule has 0 aliphatic carbocycles. The van der Waals surface area contributed by atoms with Gasteiger partial charge in [0.2, 0.25) is 0 Å². The zero-order chi connectivity index (χ0) is 15.1. The predicted octanol–water partition coefficient (Wildman–Crippen LogP) is 2.79. The van der Waals surface area contributed by atoms with Crippen LogP contribution in [0, 0.1) is 20.8 Å². The number of carbonyl (C=O) groups is 1. The number of hydrogen-bond acceptors (Lipinski definition) is 3. The Kier molecular flexibility index (Phi) is 3.05. The second kappa shape index (κ2) is 4.77. The maximum Gasteiger partial charge on any atom is 0.352 e. The van der Waals surface area contributed by atoms with Crippen LogP contribution in [-0.4, -0.2) is 20.9 Å². The smallest absolute Gasteiger partial charge is 0.352 e. The standard InChI is InChI=1S/C16H17N3O2/c1-9-4-5-12(10(2)6-9)14-8-13(16(20)21)17-15-7-11(3)18-19(14)15/h4-8,14,17H,1-3H3,(H,20,21). The molecule has 108 valence electrons. The molecule has 1 aromatic heterocycles. The molecule has 0 bridgehead atoms. The first-order chi connectivity index (χ1) is 9.95. The average Bonchev–Trinajstić information content (AvgIpc) is 2.78. The van der Waals surface area contributed by atoms with E-state index in [1.54, 1.807) is 6.08 Å². The summed E-state index contributed by atoms with van der Waals surface area (Å²) in [6.45, 7) is 5.97. The van der Waals surface area contributed by atoms with Crippen molar-refractivity contribution in [3.63, 3.8) is 0 Å². The summed E-state index contributed by atoms with van der Waals surface area (Å²) < 4.78 is 1.83. The van der Waals surface area contributed by atoms with Crippen molar-refractivity contribution in [1.29, 1.82) is 0 Å². The van der Waals surface area contributed by atoms with Crippen LogP contribution in [-0.2, 0) is 4.79 Å². The molecule has 2 N–H and O–H groups in total. The van der Waals surface area contributed by atoms with Crippen LogP contribution in [0.15, 0.2) is 36.0 Å². The van der Waals surface area contributed by atoms with Crippen LogP contribution in [0.25, 0.3) is 0 Å². The molecule has 1 atom stereocenters. The third-order valence-corrected chi connectivity index (χ3v) is 3.68. The first kappa shape index (κ1) is 13.4. The van der Waals surface area contributed by atoms with Crippen LogP contribution in [0.5, 0.6) is 0 Å². The van der Waals surface area contributed by atoms with E-state index < -0.39 is 5.97 Å². The lowest BCUT2D eigenvalue weighted by Crippen LogP contribution is -2.24. The van der Waals surface area contributed by atoms with E-state index in [9.17, 15) is 9.90 Å². The number of fused-ring (bicyclic) bond motifs is 1. The number of allylic oxidation sites excluding steroid dienone is 1. The Bertz CT molecular complexity index is 759. The molecule has 21 heavy (non-hydrogen) atoms. The highest BCUT2D eigenvalue weighted by atomic mass is 16.4. The van der Waals surface area contributed by atoms with Crippen molar-refractivity contribution in [2.75, 3.05) is 5.32 Å². The predicted molar refractivity (Wildman–Crippen MR) is 80.4 cm³/mol. The van der Waals surface area contributed by atoms with Crippen LogP contribution in [0.2, 0.25) is 0 Å². The molecule has 1 aromatic carbocycles. The lowest BCUT2D eigenvalue weighted by atomic mass is 9.97. The quantitative estimate of drug-likeness (QED) is 0.889. The first-order valence-corrected chi connectivity index (χ1v) is 6.81. The van der Waals surface area contributed by atoms with Gasteiger partial charge in [-0.15, -0.1) is 0 Å². The molecule has 2 heterocycles. The van der Waals surface area contributed by atoms with Crippen molar-refractivity contribution in [3.8, 4) is 0 Å². The summed E-state index contributed by atoms with van der Waals surface area (Å²) in [7, 11) is 0. The van der Waals surface area contributed by atoms with Crippen LogP contribution in [0.1, 0.15) is 28.4 Å². The molecule has 0 amide bonds. The second-order valence-electron chi connectivity index (χ2n) is 5.43. The molecule has 5 heteroatoms. The first-order valence-electron chi connectivity index (χ1n) is 6.81. The van der Waals surface area contributed by atoms with E-state index in [2.05, 4.69) is 16.5 Å². The van der Waals surface area contributed by atoms with E-state index in [0.717, 1.165) is 16.8 Å². The number of hydrogen-bond donors (Lipinski definition) is 2. The van der Waals surface area contributed by atoms with E-state index in [1.807, 2.05) is 43.7 Å². The Morgan fingerprint density at radius 1 is 1.29 bits per heavy atom. The summed E-state index contributed by atoms with van der Waals surface area (Å²) in [6, 6.07) is 7.82. The van der Waals surface area contributed by atoms with Gasteiger partial charge in [-0.2, -0.15) is 5.10 Å². The van der Waals surface area contributed by atoms with Gasteiger partial charge in [0, 0.05) is 6.07 Å². The maximum atomic E-state index is 11.3. The van der Waals surface area contributed by atoms with Gasteiger partial charge in [0.1, 0.15) is 17.6 Å². The van der Waals surface area contributed by atoms with Crippen LogP contribution >= 0.6 is 0 Å². The van der Waals surface area contributed by atoms with Crippen molar-refractivity contribution in [3.05, 3.63) is 58.4 Å². The molecule has 1 aliphatic rings. The minimum absolute atomic E-state index is 0.187. The number of aliphatic carboxylic acids is 1. The van der Waals surface area contributed by atoms with Gasteiger partial charge in [-0.3, -0.25) is 0 Å². The lowest BCUT2D eigenvalue weighted by Gasteiger charge is -2.25. The molecule has 5 nitrogen and oxygen atoms in total. The van der Waals surface area contributed by atoms with Crippen molar-refractivity contribution in [2.45, 2.75) is 26.8 Å². The zero-order valence-electron chi connectivity index (χ0n) is 12.2. The molecule has 1 aliphatic heterocycles. The van der Waals surface area contributed by atoms with E-state index in [0.29, 0.717) is 5.82 Å². The van der Waals surface area contributed by atoms with Crippen LogP contribution in [0.3, 0.4) is 0 Å². The van der Waals surface area contributed by atoms with Gasteiger partial charge in [0.15, 0.2) is 0 Å². The van der Waals surface area contributed by atoms with E-state index in [1.165, 1.54) is 5.56 Å². The zero-order valence-corrected chi connectivity index (χ0v) is 12.2. The highest BCUT2D eigenvalue weighted by molar-refractivity contribution is 5.90. The number of carboxylic acid groups (broad SMARTS) is 1. The number of aryl methyl sites for hydroxylation is 3. The van der Waals surface area contributed by atoms with E-state index in [-0.39, 0.29) is 11.7 Å². The van der Waals surface area contributed by atoms with Crippen molar-refractivity contribution < 1.29 is 9.90 Å². The molecule has 0 spiro atoms. The number of benzene rings is 1. The summed E-state index contributed by atoms with van der Waals surface area (Å²) in [5.74, 6) is -0.257. The van der Waals surface area contributed by atoms with Gasteiger partial charge >= 0.3 is 5.97 Å². The fourth-order valence-electron chi connectivity index (χ4n) is 2.73. The Balaban J connectivity index is 2.16. The number of nitrogens with zero attached hydrogens (tertiary/aromatic N) is 2. The van der Waals surface area contributed by atoms with Crippen LogP contribution in [0.4, 0.5) is 5.82 Å². The monoisotopic (exact) mass is 283 g/mol. The molecule has 2 aromatic rings. The Hall–Kier alpha value is -2.56. The van der Waals surface area contributed by atoms with Gasteiger partial charge in [-0.05, 0) is 38.0 Å². The molecule has 3 rings (SSSR count). The van der Waals surface area contributed by atoms with Crippen molar-refractivity contribution in [1.82, 2.24) is 9.78 Å². The van der Waals surface area contributed by atoms with Gasteiger partial charge < -0.3 is 10.4 Å². The Morgan fingerprint density at radius 3 is 2.71 bits per heavy atom. The third-order valence-electron chi connectivity index (χ3n) is 3.68. The van der Waals surface area contributed by atoms with Crippen LogP contribution < -0.4 is 5.32 Å². The van der Waals surface area contributed by atoms with Crippen molar-refractivity contribution >= 4 is 11.8 Å². The van der Waals surface area contributed by atoms with Gasteiger partial charge in [0.25, 0.3) is 0 Å². The maximum absolute atomic E-state index is 11.3. The second-order valence-corrected chi connectivity index (χ2v) is 5.43. The third kappa shape index (κ3) is 2.31. The molecule has 0 saturated heterocycles. The Morgan fingerprint density at radius 2 is 2.05 bits per heavy atom. The highest BCUT2D eigenvalue weighted by Gasteiger charge is 2.26. The van der Waals surface area contributed by atoms with Gasteiger partial charge in [-0.1, -0.05) is 23.8 Å². The molecule has 0 fully saturated rings.